The molecule has 0 unspecified atom stereocenters. The third-order valence-electron chi connectivity index (χ3n) is 5.55. The van der Waals surface area contributed by atoms with Crippen molar-refractivity contribution in [2.45, 2.75) is 19.9 Å². The Bertz CT molecular complexity index is 1290. The van der Waals surface area contributed by atoms with Gasteiger partial charge in [0.05, 0.1) is 15.3 Å². The van der Waals surface area contributed by atoms with Gasteiger partial charge in [-0.05, 0) is 44.2 Å². The van der Waals surface area contributed by atoms with Gasteiger partial charge in [-0.3, -0.25) is 4.90 Å². The van der Waals surface area contributed by atoms with Gasteiger partial charge in [-0.25, -0.2) is 9.78 Å². The summed E-state index contributed by atoms with van der Waals surface area (Å²) >= 11 is 7.66. The Morgan fingerprint density at radius 1 is 1.10 bits per heavy atom. The fourth-order valence-electron chi connectivity index (χ4n) is 3.81. The van der Waals surface area contributed by atoms with Gasteiger partial charge in [-0.1, -0.05) is 17.7 Å². The van der Waals surface area contributed by atoms with Crippen molar-refractivity contribution in [3.8, 4) is 10.6 Å². The van der Waals surface area contributed by atoms with Gasteiger partial charge in [-0.15, -0.1) is 11.3 Å². The number of thiazole rings is 1. The molecular formula is C22H21ClN4O2S. The summed E-state index contributed by atoms with van der Waals surface area (Å²) in [5.41, 5.74) is 1.05. The van der Waals surface area contributed by atoms with E-state index < -0.39 is 5.63 Å². The first-order valence-corrected chi connectivity index (χ1v) is 11.2. The van der Waals surface area contributed by atoms with E-state index in [2.05, 4.69) is 33.6 Å². The van der Waals surface area contributed by atoms with Crippen molar-refractivity contribution >= 4 is 50.1 Å². The van der Waals surface area contributed by atoms with E-state index in [0.717, 1.165) is 42.1 Å². The Kier molecular flexibility index (Phi) is 4.97. The highest BCUT2D eigenvalue weighted by molar-refractivity contribution is 7.21. The van der Waals surface area contributed by atoms with Gasteiger partial charge in [0.2, 0.25) is 5.71 Å². The van der Waals surface area contributed by atoms with Crippen molar-refractivity contribution in [3.63, 3.8) is 0 Å². The van der Waals surface area contributed by atoms with Crippen LogP contribution in [0.1, 0.15) is 13.8 Å². The number of pyridine rings is 1. The highest BCUT2D eigenvalue weighted by Gasteiger charge is 2.21. The zero-order valence-electron chi connectivity index (χ0n) is 16.8. The molecule has 1 aliphatic rings. The van der Waals surface area contributed by atoms with Crippen LogP contribution in [-0.4, -0.2) is 47.1 Å². The monoisotopic (exact) mass is 440 g/mol. The molecule has 0 atom stereocenters. The summed E-state index contributed by atoms with van der Waals surface area (Å²) in [6.07, 6.45) is 0. The molecular weight excluding hydrogens is 420 g/mol. The first-order valence-electron chi connectivity index (χ1n) is 9.99. The zero-order chi connectivity index (χ0) is 20.8. The second-order valence-electron chi connectivity index (χ2n) is 7.73. The summed E-state index contributed by atoms with van der Waals surface area (Å²) in [4.78, 5) is 26.6. The number of piperazine rings is 1. The third kappa shape index (κ3) is 3.47. The number of anilines is 1. The van der Waals surface area contributed by atoms with Crippen LogP contribution >= 0.6 is 22.9 Å². The number of nitrogens with zero attached hydrogens (tertiary/aromatic N) is 4. The molecule has 1 fully saturated rings. The van der Waals surface area contributed by atoms with Crippen LogP contribution < -0.4 is 10.5 Å². The maximum atomic E-state index is 12.7. The van der Waals surface area contributed by atoms with Gasteiger partial charge in [0.1, 0.15) is 16.3 Å². The lowest BCUT2D eigenvalue weighted by molar-refractivity contribution is 0.209. The molecule has 0 bridgehead atoms. The summed E-state index contributed by atoms with van der Waals surface area (Å²) in [6, 6.07) is 11.9. The molecule has 0 aliphatic carbocycles. The highest BCUT2D eigenvalue weighted by atomic mass is 35.5. The van der Waals surface area contributed by atoms with Crippen LogP contribution in [0.3, 0.4) is 0 Å². The maximum absolute atomic E-state index is 12.7. The molecule has 0 amide bonds. The quantitative estimate of drug-likeness (QED) is 0.462. The van der Waals surface area contributed by atoms with E-state index >= 15 is 0 Å². The van der Waals surface area contributed by atoms with Crippen molar-refractivity contribution in [1.82, 2.24) is 14.9 Å². The minimum atomic E-state index is -0.438. The van der Waals surface area contributed by atoms with Crippen LogP contribution in [0.25, 0.3) is 31.9 Å². The fraction of sp³-hybridized carbons (Fsp3) is 0.318. The smallest absolute Gasteiger partial charge is 0.347 e. The summed E-state index contributed by atoms with van der Waals surface area (Å²) in [5.74, 6) is 0.841. The highest BCUT2D eigenvalue weighted by Crippen LogP contribution is 2.33. The lowest BCUT2D eigenvalue weighted by Crippen LogP contribution is -2.49. The Hall–Kier alpha value is -2.48. The van der Waals surface area contributed by atoms with Crippen molar-refractivity contribution in [2.24, 2.45) is 0 Å². The van der Waals surface area contributed by atoms with Gasteiger partial charge < -0.3 is 9.32 Å². The molecule has 5 rings (SSSR count). The Morgan fingerprint density at radius 2 is 1.90 bits per heavy atom. The molecule has 1 aromatic carbocycles. The summed E-state index contributed by atoms with van der Waals surface area (Å²) in [6.45, 7) is 8.25. The van der Waals surface area contributed by atoms with Crippen molar-refractivity contribution in [2.75, 3.05) is 31.1 Å². The van der Waals surface area contributed by atoms with Crippen LogP contribution in [-0.2, 0) is 0 Å². The van der Waals surface area contributed by atoms with E-state index in [-0.39, 0.29) is 0 Å². The van der Waals surface area contributed by atoms with Crippen molar-refractivity contribution in [3.05, 3.63) is 51.8 Å². The molecule has 4 aromatic rings. The number of fused-ring (bicyclic) bond motifs is 2. The molecule has 1 saturated heterocycles. The first-order chi connectivity index (χ1) is 14.5. The molecule has 8 heteroatoms. The van der Waals surface area contributed by atoms with Gasteiger partial charge in [0, 0.05) is 37.6 Å². The SMILES string of the molecule is CC(C)N1CCN(c2ccc3cc(-c4nc5c(Cl)cccc5s4)c(=O)oc3n2)CC1. The van der Waals surface area contributed by atoms with E-state index in [4.69, 9.17) is 16.0 Å². The number of hydrogen-bond acceptors (Lipinski definition) is 7. The Morgan fingerprint density at radius 3 is 2.63 bits per heavy atom. The molecule has 1 aliphatic heterocycles. The topological polar surface area (TPSA) is 62.5 Å². The molecule has 0 spiro atoms. The average Bonchev–Trinajstić information content (AvgIpc) is 3.18. The van der Waals surface area contributed by atoms with E-state index in [1.54, 1.807) is 12.1 Å². The lowest BCUT2D eigenvalue weighted by Gasteiger charge is -2.37. The normalized spacial score (nSPS) is 15.5. The fourth-order valence-corrected chi connectivity index (χ4v) is 5.08. The Labute approximate surface area is 182 Å². The van der Waals surface area contributed by atoms with E-state index in [0.29, 0.717) is 32.9 Å². The van der Waals surface area contributed by atoms with Crippen LogP contribution in [0.5, 0.6) is 0 Å². The first kappa shape index (κ1) is 19.5. The molecule has 30 heavy (non-hydrogen) atoms. The third-order valence-corrected chi connectivity index (χ3v) is 6.91. The summed E-state index contributed by atoms with van der Waals surface area (Å²) < 4.78 is 6.53. The number of rotatable bonds is 3. The van der Waals surface area contributed by atoms with Crippen LogP contribution in [0, 0.1) is 0 Å². The van der Waals surface area contributed by atoms with Crippen molar-refractivity contribution < 1.29 is 4.42 Å². The summed E-state index contributed by atoms with van der Waals surface area (Å²) in [5, 5.41) is 1.95. The minimum absolute atomic E-state index is 0.353. The number of benzene rings is 1. The van der Waals surface area contributed by atoms with Gasteiger partial charge in [0.25, 0.3) is 0 Å². The predicted octanol–water partition coefficient (Wildman–Crippen LogP) is 4.65. The molecule has 0 saturated carbocycles. The average molecular weight is 441 g/mol. The van der Waals surface area contributed by atoms with Gasteiger partial charge in [0.15, 0.2) is 0 Å². The van der Waals surface area contributed by atoms with Gasteiger partial charge >= 0.3 is 5.63 Å². The second-order valence-corrected chi connectivity index (χ2v) is 9.17. The zero-order valence-corrected chi connectivity index (χ0v) is 18.3. The van der Waals surface area contributed by atoms with Gasteiger partial charge in [-0.2, -0.15) is 4.98 Å². The molecule has 0 radical (unpaired) electrons. The molecule has 3 aromatic heterocycles. The molecule has 154 valence electrons. The minimum Gasteiger partial charge on any atom is -0.403 e. The van der Waals surface area contributed by atoms with E-state index in [9.17, 15) is 4.79 Å². The van der Waals surface area contributed by atoms with E-state index in [1.165, 1.54) is 11.3 Å². The number of hydrogen-bond donors (Lipinski definition) is 0. The van der Waals surface area contributed by atoms with E-state index in [1.807, 2.05) is 24.3 Å². The standard InChI is InChI=1S/C22H21ClN4O2S/c1-13(2)26-8-10-27(11-9-26)18-7-6-14-12-15(22(28)29-20(14)24-18)21-25-19-16(23)4-3-5-17(19)30-21/h3-7,12-13H,8-11H2,1-2H3. The molecule has 6 nitrogen and oxygen atoms in total. The second kappa shape index (κ2) is 7.65. The van der Waals surface area contributed by atoms with Crippen molar-refractivity contribution in [1.29, 1.82) is 0 Å². The van der Waals surface area contributed by atoms with Crippen LogP contribution in [0.4, 0.5) is 5.82 Å². The lowest BCUT2D eigenvalue weighted by atomic mass is 10.2. The Balaban J connectivity index is 1.48. The largest absolute Gasteiger partial charge is 0.403 e. The predicted molar refractivity (Wildman–Crippen MR) is 123 cm³/mol. The van der Waals surface area contributed by atoms with Crippen LogP contribution in [0.2, 0.25) is 5.02 Å². The maximum Gasteiger partial charge on any atom is 0.347 e. The number of halogens is 1. The number of aromatic nitrogens is 2. The summed E-state index contributed by atoms with van der Waals surface area (Å²) in [7, 11) is 0. The number of para-hydroxylation sites is 1. The van der Waals surface area contributed by atoms with Crippen LogP contribution in [0.15, 0.2) is 45.6 Å². The molecule has 4 heterocycles. The molecule has 0 N–H and O–H groups in total.